The number of amidine groups is 1. The van der Waals surface area contributed by atoms with Crippen LogP contribution in [0.3, 0.4) is 0 Å². The highest BCUT2D eigenvalue weighted by Crippen LogP contribution is 2.35. The zero-order valence-electron chi connectivity index (χ0n) is 16.6. The Morgan fingerprint density at radius 3 is 2.45 bits per heavy atom. The van der Waals surface area contributed by atoms with Crippen molar-refractivity contribution < 1.29 is 34.1 Å². The predicted octanol–water partition coefficient (Wildman–Crippen LogP) is 3.09. The third-order valence-electron chi connectivity index (χ3n) is 4.18. The van der Waals surface area contributed by atoms with Gasteiger partial charge < -0.3 is 19.7 Å². The van der Waals surface area contributed by atoms with E-state index in [4.69, 9.17) is 19.7 Å². The molecule has 2 N–H and O–H groups in total. The van der Waals surface area contributed by atoms with Crippen LogP contribution in [-0.4, -0.2) is 58.9 Å². The molecule has 0 spiro atoms. The van der Waals surface area contributed by atoms with Crippen LogP contribution in [0.25, 0.3) is 6.08 Å². The van der Waals surface area contributed by atoms with Gasteiger partial charge in [0.05, 0.1) is 23.3 Å². The van der Waals surface area contributed by atoms with Crippen molar-refractivity contribution in [2.45, 2.75) is 0 Å². The van der Waals surface area contributed by atoms with Gasteiger partial charge in [0, 0.05) is 7.05 Å². The van der Waals surface area contributed by atoms with Crippen molar-refractivity contribution >= 4 is 46.5 Å². The van der Waals surface area contributed by atoms with Crippen LogP contribution in [-0.2, 0) is 9.59 Å². The van der Waals surface area contributed by atoms with Crippen LogP contribution >= 0.6 is 11.8 Å². The molecule has 0 saturated carbocycles. The lowest BCUT2D eigenvalue weighted by atomic mass is 10.2. The minimum absolute atomic E-state index is 0.151. The average molecular weight is 442 g/mol. The molecule has 1 aliphatic rings. The number of carbonyl (C=O) groups excluding carboxylic acids is 1. The summed E-state index contributed by atoms with van der Waals surface area (Å²) in [5.41, 5.74) is 1.34. The molecular formula is C21H18N2O7S. The largest absolute Gasteiger partial charge is 0.493 e. The van der Waals surface area contributed by atoms with Crippen molar-refractivity contribution in [3.05, 3.63) is 58.5 Å². The molecule has 0 aliphatic carbocycles. The number of aliphatic carboxylic acids is 1. The first-order chi connectivity index (χ1) is 14.8. The smallest absolute Gasteiger partial charge is 0.341 e. The molecule has 3 rings (SSSR count). The summed E-state index contributed by atoms with van der Waals surface area (Å²) >= 11 is 1.18. The van der Waals surface area contributed by atoms with Gasteiger partial charge >= 0.3 is 11.9 Å². The maximum atomic E-state index is 12.6. The molecule has 1 saturated heterocycles. The van der Waals surface area contributed by atoms with Crippen molar-refractivity contribution in [3.63, 3.8) is 0 Å². The quantitative estimate of drug-likeness (QED) is 0.627. The van der Waals surface area contributed by atoms with Gasteiger partial charge in [-0.25, -0.2) is 14.6 Å². The van der Waals surface area contributed by atoms with Crippen LogP contribution in [0.2, 0.25) is 0 Å². The minimum atomic E-state index is -1.10. The van der Waals surface area contributed by atoms with Crippen LogP contribution in [0.15, 0.2) is 52.4 Å². The summed E-state index contributed by atoms with van der Waals surface area (Å²) in [7, 11) is 3.04. The van der Waals surface area contributed by atoms with Gasteiger partial charge in [0.1, 0.15) is 0 Å². The fourth-order valence-corrected chi connectivity index (χ4v) is 3.61. The van der Waals surface area contributed by atoms with E-state index < -0.39 is 18.5 Å². The van der Waals surface area contributed by atoms with E-state index in [-0.39, 0.29) is 17.2 Å². The molecule has 1 heterocycles. The summed E-state index contributed by atoms with van der Waals surface area (Å²) in [6.45, 7) is -0.497. The number of aliphatic imine (C=N–C) groups is 1. The number of benzene rings is 2. The number of methoxy groups -OCH3 is 1. The summed E-state index contributed by atoms with van der Waals surface area (Å²) in [5.74, 6) is -1.75. The van der Waals surface area contributed by atoms with E-state index >= 15 is 0 Å². The van der Waals surface area contributed by atoms with Gasteiger partial charge in [-0.15, -0.1) is 0 Å². The number of hydrogen-bond acceptors (Lipinski definition) is 7. The number of carboxylic acid groups (broad SMARTS) is 2. The normalized spacial score (nSPS) is 16.1. The number of ether oxygens (including phenoxy) is 2. The predicted molar refractivity (Wildman–Crippen MR) is 115 cm³/mol. The highest BCUT2D eigenvalue weighted by molar-refractivity contribution is 8.18. The third-order valence-corrected chi connectivity index (χ3v) is 5.24. The number of amides is 1. The number of thioether (sulfide) groups is 1. The molecule has 31 heavy (non-hydrogen) atoms. The van der Waals surface area contributed by atoms with Crippen molar-refractivity contribution in [1.29, 1.82) is 0 Å². The molecule has 10 heteroatoms. The maximum absolute atomic E-state index is 12.6. The molecule has 2 aromatic carbocycles. The molecule has 160 valence electrons. The molecule has 1 fully saturated rings. The number of rotatable bonds is 7. The number of nitrogens with zero attached hydrogens (tertiary/aromatic N) is 2. The summed E-state index contributed by atoms with van der Waals surface area (Å²) in [6, 6.07) is 10.9. The second-order valence-electron chi connectivity index (χ2n) is 6.31. The van der Waals surface area contributed by atoms with Gasteiger partial charge in [-0.05, 0) is 59.8 Å². The lowest BCUT2D eigenvalue weighted by molar-refractivity contribution is -0.139. The Morgan fingerprint density at radius 1 is 1.13 bits per heavy atom. The number of hydrogen-bond donors (Lipinski definition) is 2. The highest BCUT2D eigenvalue weighted by Gasteiger charge is 2.30. The lowest BCUT2D eigenvalue weighted by Crippen LogP contribution is -2.23. The van der Waals surface area contributed by atoms with E-state index in [1.807, 2.05) is 0 Å². The molecular weight excluding hydrogens is 424 g/mol. The topological polar surface area (TPSA) is 126 Å². The Labute approximate surface area is 181 Å². The van der Waals surface area contributed by atoms with E-state index in [0.717, 1.165) is 0 Å². The van der Waals surface area contributed by atoms with Crippen molar-refractivity contribution in [2.24, 2.45) is 4.99 Å². The van der Waals surface area contributed by atoms with Gasteiger partial charge in [0.2, 0.25) is 0 Å². The van der Waals surface area contributed by atoms with E-state index in [9.17, 15) is 14.4 Å². The summed E-state index contributed by atoms with van der Waals surface area (Å²) in [5, 5.41) is 18.2. The van der Waals surface area contributed by atoms with Crippen LogP contribution in [0, 0.1) is 0 Å². The maximum Gasteiger partial charge on any atom is 0.341 e. The number of likely N-dealkylation sites (N-methyl/N-ethyl adjacent to an activating group) is 1. The number of aromatic carboxylic acids is 1. The summed E-state index contributed by atoms with van der Waals surface area (Å²) < 4.78 is 10.4. The second-order valence-corrected chi connectivity index (χ2v) is 7.32. The SMILES string of the molecule is COc1cc(/C=C2\SC(=Nc3ccc(C(=O)O)cc3)N(C)C2=O)ccc1OCC(=O)O. The highest BCUT2D eigenvalue weighted by atomic mass is 32.2. The lowest BCUT2D eigenvalue weighted by Gasteiger charge is -2.09. The van der Waals surface area contributed by atoms with Crippen LogP contribution in [0.5, 0.6) is 11.5 Å². The Hall–Kier alpha value is -3.79. The van der Waals surface area contributed by atoms with E-state index in [0.29, 0.717) is 27.1 Å². The molecule has 0 bridgehead atoms. The summed E-state index contributed by atoms with van der Waals surface area (Å²) in [6.07, 6.45) is 1.67. The van der Waals surface area contributed by atoms with Gasteiger partial charge in [0.15, 0.2) is 23.3 Å². The average Bonchev–Trinajstić information content (AvgIpc) is 3.00. The standard InChI is InChI=1S/C21H18N2O7S/c1-23-19(26)17(31-21(23)22-14-6-4-13(5-7-14)20(27)28)10-12-3-8-15(16(9-12)29-2)30-11-18(24)25/h3-10H,11H2,1-2H3,(H,24,25)(H,27,28)/b17-10-,22-21?. The van der Waals surface area contributed by atoms with Gasteiger partial charge in [0.25, 0.3) is 5.91 Å². The molecule has 2 aromatic rings. The van der Waals surface area contributed by atoms with Gasteiger partial charge in [-0.1, -0.05) is 6.07 Å². The zero-order valence-corrected chi connectivity index (χ0v) is 17.4. The monoisotopic (exact) mass is 442 g/mol. The Kier molecular flexibility index (Phi) is 6.61. The van der Waals surface area contributed by atoms with E-state index in [2.05, 4.69) is 4.99 Å². The molecule has 1 amide bonds. The van der Waals surface area contributed by atoms with Gasteiger partial charge in [-0.2, -0.15) is 0 Å². The molecule has 0 atom stereocenters. The van der Waals surface area contributed by atoms with Crippen LogP contribution < -0.4 is 9.47 Å². The fourth-order valence-electron chi connectivity index (χ4n) is 2.62. The molecule has 9 nitrogen and oxygen atoms in total. The number of carbonyl (C=O) groups is 3. The Morgan fingerprint density at radius 2 is 1.84 bits per heavy atom. The van der Waals surface area contributed by atoms with Crippen molar-refractivity contribution in [2.75, 3.05) is 20.8 Å². The Balaban J connectivity index is 1.82. The van der Waals surface area contributed by atoms with Crippen molar-refractivity contribution in [3.8, 4) is 11.5 Å². The molecule has 0 radical (unpaired) electrons. The first-order valence-electron chi connectivity index (χ1n) is 8.90. The zero-order chi connectivity index (χ0) is 22.5. The van der Waals surface area contributed by atoms with Crippen LogP contribution in [0.1, 0.15) is 15.9 Å². The second kappa shape index (κ2) is 9.35. The Bertz CT molecular complexity index is 1090. The summed E-state index contributed by atoms with van der Waals surface area (Å²) in [4.78, 5) is 40.5. The van der Waals surface area contributed by atoms with Crippen molar-refractivity contribution in [1.82, 2.24) is 4.90 Å². The molecule has 0 aromatic heterocycles. The first kappa shape index (κ1) is 21.9. The van der Waals surface area contributed by atoms with E-state index in [1.165, 1.54) is 35.9 Å². The fraction of sp³-hybridized carbons (Fsp3) is 0.143. The van der Waals surface area contributed by atoms with E-state index in [1.54, 1.807) is 43.5 Å². The molecule has 0 unspecified atom stereocenters. The first-order valence-corrected chi connectivity index (χ1v) is 9.72. The number of carboxylic acids is 2. The minimum Gasteiger partial charge on any atom is -0.493 e. The van der Waals surface area contributed by atoms with Crippen LogP contribution in [0.4, 0.5) is 5.69 Å². The third kappa shape index (κ3) is 5.23. The molecule has 1 aliphatic heterocycles. The van der Waals surface area contributed by atoms with Gasteiger partial charge in [-0.3, -0.25) is 9.69 Å².